The van der Waals surface area contributed by atoms with Crippen molar-refractivity contribution in [3.63, 3.8) is 0 Å². The summed E-state index contributed by atoms with van der Waals surface area (Å²) in [4.78, 5) is 25.5. The Kier molecular flexibility index (Phi) is 6.45. The van der Waals surface area contributed by atoms with Crippen LogP contribution in [0.15, 0.2) is 51.7 Å². The molecular formula is C26H22O11. The van der Waals surface area contributed by atoms with Crippen molar-refractivity contribution < 1.29 is 49.3 Å². The molecule has 6 N–H and O–H groups in total. The minimum absolute atomic E-state index is 0.00723. The Morgan fingerprint density at radius 2 is 1.59 bits per heavy atom. The highest BCUT2D eigenvalue weighted by Crippen LogP contribution is 2.46. The molecule has 37 heavy (non-hydrogen) atoms. The van der Waals surface area contributed by atoms with Crippen molar-refractivity contribution in [2.45, 2.75) is 12.3 Å². The van der Waals surface area contributed by atoms with Gasteiger partial charge < -0.3 is 44.5 Å². The molecule has 11 heteroatoms. The van der Waals surface area contributed by atoms with Crippen molar-refractivity contribution in [2.75, 3.05) is 14.2 Å². The first kappa shape index (κ1) is 25.0. The molecule has 1 atom stereocenters. The summed E-state index contributed by atoms with van der Waals surface area (Å²) >= 11 is 0. The highest BCUT2D eigenvalue weighted by atomic mass is 16.5. The molecule has 0 radical (unpaired) electrons. The maximum atomic E-state index is 13.1. The summed E-state index contributed by atoms with van der Waals surface area (Å²) in [7, 11) is 2.51. The summed E-state index contributed by atoms with van der Waals surface area (Å²) in [5, 5.41) is 61.3. The lowest BCUT2D eigenvalue weighted by Gasteiger charge is -2.21. The smallest absolute Gasteiger partial charge is 0.306 e. The Hall–Kier alpha value is -5.06. The number of ether oxygens (including phenoxy) is 2. The van der Waals surface area contributed by atoms with E-state index >= 15 is 0 Å². The molecule has 0 unspecified atom stereocenters. The van der Waals surface area contributed by atoms with Gasteiger partial charge in [-0.3, -0.25) is 9.59 Å². The Balaban J connectivity index is 2.08. The van der Waals surface area contributed by atoms with Gasteiger partial charge in [0.25, 0.3) is 0 Å². The van der Waals surface area contributed by atoms with Crippen LogP contribution in [0.3, 0.4) is 0 Å². The lowest BCUT2D eigenvalue weighted by Crippen LogP contribution is -2.12. The Bertz CT molecular complexity index is 1590. The second-order valence-electron chi connectivity index (χ2n) is 8.11. The fraction of sp³-hybridized carbons (Fsp3) is 0.154. The molecule has 1 heterocycles. The van der Waals surface area contributed by atoms with Gasteiger partial charge in [-0.05, 0) is 35.9 Å². The predicted octanol–water partition coefficient (Wildman–Crippen LogP) is 3.40. The summed E-state index contributed by atoms with van der Waals surface area (Å²) in [5.41, 5.74) is -1.26. The van der Waals surface area contributed by atoms with Crippen molar-refractivity contribution in [1.29, 1.82) is 0 Å². The third-order valence-electron chi connectivity index (χ3n) is 5.93. The van der Waals surface area contributed by atoms with E-state index in [4.69, 9.17) is 13.9 Å². The summed E-state index contributed by atoms with van der Waals surface area (Å²) < 4.78 is 15.7. The van der Waals surface area contributed by atoms with Gasteiger partial charge >= 0.3 is 5.97 Å². The number of hydrogen-bond donors (Lipinski definition) is 6. The Labute approximate surface area is 208 Å². The molecule has 1 aromatic heterocycles. The quantitative estimate of drug-likeness (QED) is 0.165. The average molecular weight is 510 g/mol. The fourth-order valence-corrected chi connectivity index (χ4v) is 4.10. The number of benzene rings is 3. The standard InChI is InChI=1S/C26H22O11/c1-35-19-6-4-11(7-16(19)29)13(9-20(32)36-2)21-17(30)10-18(31)22-23(33)24(34)25(37-26(21)22)12-3-5-14(27)15(28)8-12/h3-8,10,13,27-31,34H,9H2,1-2H3/t13-/m0/s1. The number of phenols is 5. The predicted molar refractivity (Wildman–Crippen MR) is 129 cm³/mol. The van der Waals surface area contributed by atoms with Gasteiger partial charge in [-0.25, -0.2) is 0 Å². The van der Waals surface area contributed by atoms with Crippen LogP contribution in [0.25, 0.3) is 22.3 Å². The number of rotatable bonds is 6. The molecule has 4 aromatic rings. The van der Waals surface area contributed by atoms with E-state index in [1.165, 1.54) is 31.4 Å². The molecule has 0 aliphatic carbocycles. The number of carbonyl (C=O) groups is 1. The summed E-state index contributed by atoms with van der Waals surface area (Å²) in [6, 6.07) is 8.51. The van der Waals surface area contributed by atoms with Crippen molar-refractivity contribution in [2.24, 2.45) is 0 Å². The van der Waals surface area contributed by atoms with Gasteiger partial charge in [0.2, 0.25) is 11.2 Å². The van der Waals surface area contributed by atoms with Crippen molar-refractivity contribution in [3.8, 4) is 51.6 Å². The number of carbonyl (C=O) groups excluding carboxylic acids is 1. The van der Waals surface area contributed by atoms with Gasteiger partial charge in [0.1, 0.15) is 22.5 Å². The molecular weight excluding hydrogens is 488 g/mol. The molecule has 0 saturated carbocycles. The summed E-state index contributed by atoms with van der Waals surface area (Å²) in [6.45, 7) is 0. The van der Waals surface area contributed by atoms with Crippen LogP contribution in [0.4, 0.5) is 0 Å². The van der Waals surface area contributed by atoms with E-state index < -0.39 is 57.2 Å². The van der Waals surface area contributed by atoms with E-state index in [-0.39, 0.29) is 34.6 Å². The number of aromatic hydroxyl groups is 6. The minimum Gasteiger partial charge on any atom is -0.507 e. The number of esters is 1. The molecule has 4 rings (SSSR count). The Morgan fingerprint density at radius 1 is 0.865 bits per heavy atom. The maximum Gasteiger partial charge on any atom is 0.306 e. The lowest BCUT2D eigenvalue weighted by molar-refractivity contribution is -0.140. The van der Waals surface area contributed by atoms with Crippen LogP contribution in [-0.2, 0) is 9.53 Å². The fourth-order valence-electron chi connectivity index (χ4n) is 4.10. The molecule has 3 aromatic carbocycles. The topological polar surface area (TPSA) is 187 Å². The second kappa shape index (κ2) is 9.53. The SMILES string of the molecule is COC(=O)C[C@@H](c1ccc(OC)c(O)c1)c1c(O)cc(O)c2c(=O)c(O)c(-c3ccc(O)c(O)c3)oc12. The zero-order chi connectivity index (χ0) is 27.0. The van der Waals surface area contributed by atoms with Crippen LogP contribution < -0.4 is 10.2 Å². The van der Waals surface area contributed by atoms with E-state index in [2.05, 4.69) is 0 Å². The van der Waals surface area contributed by atoms with Gasteiger partial charge in [0.15, 0.2) is 28.8 Å². The molecule has 192 valence electrons. The monoisotopic (exact) mass is 510 g/mol. The second-order valence-corrected chi connectivity index (χ2v) is 8.11. The third kappa shape index (κ3) is 4.38. The van der Waals surface area contributed by atoms with Gasteiger partial charge in [-0.2, -0.15) is 0 Å². The first-order valence-electron chi connectivity index (χ1n) is 10.8. The van der Waals surface area contributed by atoms with Gasteiger partial charge in [-0.15, -0.1) is 0 Å². The van der Waals surface area contributed by atoms with Crippen molar-refractivity contribution in [1.82, 2.24) is 0 Å². The van der Waals surface area contributed by atoms with Crippen LogP contribution in [0.5, 0.6) is 40.2 Å². The molecule has 0 spiro atoms. The Morgan fingerprint density at radius 3 is 2.22 bits per heavy atom. The summed E-state index contributed by atoms with van der Waals surface area (Å²) in [5.74, 6) is -5.51. The van der Waals surface area contributed by atoms with Crippen molar-refractivity contribution in [3.05, 3.63) is 63.8 Å². The van der Waals surface area contributed by atoms with Crippen molar-refractivity contribution >= 4 is 16.9 Å². The third-order valence-corrected chi connectivity index (χ3v) is 5.93. The minimum atomic E-state index is -1.07. The molecule has 0 fully saturated rings. The number of hydrogen-bond acceptors (Lipinski definition) is 11. The first-order chi connectivity index (χ1) is 17.6. The van der Waals surface area contributed by atoms with Crippen LogP contribution in [0.2, 0.25) is 0 Å². The van der Waals surface area contributed by atoms with Crippen LogP contribution in [0.1, 0.15) is 23.5 Å². The first-order valence-corrected chi connectivity index (χ1v) is 10.8. The maximum absolute atomic E-state index is 13.1. The highest BCUT2D eigenvalue weighted by Gasteiger charge is 2.30. The summed E-state index contributed by atoms with van der Waals surface area (Å²) in [6.07, 6.45) is -0.379. The van der Waals surface area contributed by atoms with Gasteiger partial charge in [0, 0.05) is 23.1 Å². The van der Waals surface area contributed by atoms with E-state index in [0.29, 0.717) is 5.56 Å². The van der Waals surface area contributed by atoms with E-state index in [0.717, 1.165) is 25.3 Å². The lowest BCUT2D eigenvalue weighted by atomic mass is 9.86. The van der Waals surface area contributed by atoms with Crippen LogP contribution in [-0.4, -0.2) is 50.8 Å². The van der Waals surface area contributed by atoms with E-state index in [9.17, 15) is 40.2 Å². The number of fused-ring (bicyclic) bond motifs is 1. The number of phenolic OH excluding ortho intramolecular Hbond substituents is 5. The number of methoxy groups -OCH3 is 2. The molecule has 0 aliphatic rings. The zero-order valence-electron chi connectivity index (χ0n) is 19.6. The molecule has 0 aliphatic heterocycles. The molecule has 0 amide bonds. The zero-order valence-corrected chi connectivity index (χ0v) is 19.6. The highest BCUT2D eigenvalue weighted by molar-refractivity contribution is 5.92. The van der Waals surface area contributed by atoms with E-state index in [1.54, 1.807) is 0 Å². The largest absolute Gasteiger partial charge is 0.507 e. The van der Waals surface area contributed by atoms with Crippen LogP contribution in [0, 0.1) is 0 Å². The molecule has 0 bridgehead atoms. The van der Waals surface area contributed by atoms with E-state index in [1.807, 2.05) is 0 Å². The molecule has 11 nitrogen and oxygen atoms in total. The molecule has 0 saturated heterocycles. The van der Waals surface area contributed by atoms with Crippen LogP contribution >= 0.6 is 0 Å². The average Bonchev–Trinajstić information content (AvgIpc) is 2.86. The normalized spacial score (nSPS) is 11.8. The van der Waals surface area contributed by atoms with Gasteiger partial charge in [0.05, 0.1) is 20.6 Å². The van der Waals surface area contributed by atoms with Gasteiger partial charge in [-0.1, -0.05) is 6.07 Å².